The summed E-state index contributed by atoms with van der Waals surface area (Å²) in [5.74, 6) is -0.494. The third-order valence-corrected chi connectivity index (χ3v) is 1.73. The zero-order valence-electron chi connectivity index (χ0n) is 7.00. The lowest BCUT2D eigenvalue weighted by Gasteiger charge is -1.96. The Morgan fingerprint density at radius 2 is 2.36 bits per heavy atom. The highest BCUT2D eigenvalue weighted by Gasteiger charge is 1.98. The normalized spacial score (nSPS) is 10.4. The standard InChI is InChI=1S/C8H7ClFN3S/c9-6-2-1-5(3-7(6)10)4-12-13-8(11)14/h1-4H,(H3,11,13,14). The highest BCUT2D eigenvalue weighted by Crippen LogP contribution is 2.14. The average Bonchev–Trinajstić information content (AvgIpc) is 2.10. The highest BCUT2D eigenvalue weighted by molar-refractivity contribution is 7.80. The molecule has 3 N–H and O–H groups in total. The predicted molar refractivity (Wildman–Crippen MR) is 58.9 cm³/mol. The zero-order chi connectivity index (χ0) is 10.6. The Hall–Kier alpha value is -1.20. The number of thiocarbonyl (C=S) groups is 1. The van der Waals surface area contributed by atoms with Gasteiger partial charge in [0, 0.05) is 0 Å². The molecule has 14 heavy (non-hydrogen) atoms. The average molecular weight is 232 g/mol. The molecular formula is C8H7ClFN3S. The van der Waals surface area contributed by atoms with Crippen LogP contribution in [0.2, 0.25) is 5.02 Å². The van der Waals surface area contributed by atoms with Gasteiger partial charge in [-0.05, 0) is 29.9 Å². The SMILES string of the molecule is NC(=S)NN=Cc1ccc(Cl)c(F)c1. The number of hydrazone groups is 1. The molecule has 0 aromatic heterocycles. The van der Waals surface area contributed by atoms with Crippen molar-refractivity contribution in [3.8, 4) is 0 Å². The molecule has 0 amide bonds. The van der Waals surface area contributed by atoms with Gasteiger partial charge in [-0.1, -0.05) is 17.7 Å². The highest BCUT2D eigenvalue weighted by atomic mass is 35.5. The first-order chi connectivity index (χ1) is 6.59. The van der Waals surface area contributed by atoms with Crippen molar-refractivity contribution in [2.75, 3.05) is 0 Å². The number of hydrogen-bond donors (Lipinski definition) is 2. The van der Waals surface area contributed by atoms with Crippen LogP contribution in [0.1, 0.15) is 5.56 Å². The lowest BCUT2D eigenvalue weighted by Crippen LogP contribution is -2.23. The van der Waals surface area contributed by atoms with E-state index in [1.807, 2.05) is 0 Å². The lowest BCUT2D eigenvalue weighted by atomic mass is 10.2. The maximum absolute atomic E-state index is 12.9. The third kappa shape index (κ3) is 3.27. The number of nitrogens with two attached hydrogens (primary N) is 1. The van der Waals surface area contributed by atoms with Crippen molar-refractivity contribution in [3.05, 3.63) is 34.6 Å². The van der Waals surface area contributed by atoms with Crippen LogP contribution in [-0.2, 0) is 0 Å². The number of rotatable bonds is 2. The second-order valence-electron chi connectivity index (χ2n) is 2.41. The molecule has 0 spiro atoms. The van der Waals surface area contributed by atoms with Crippen LogP contribution in [0.15, 0.2) is 23.3 Å². The van der Waals surface area contributed by atoms with Crippen LogP contribution in [0.4, 0.5) is 4.39 Å². The minimum atomic E-state index is -0.494. The zero-order valence-corrected chi connectivity index (χ0v) is 8.57. The van der Waals surface area contributed by atoms with E-state index in [1.54, 1.807) is 6.07 Å². The summed E-state index contributed by atoms with van der Waals surface area (Å²) in [5.41, 5.74) is 8.04. The summed E-state index contributed by atoms with van der Waals surface area (Å²) >= 11 is 10.0. The van der Waals surface area contributed by atoms with E-state index in [0.717, 1.165) is 0 Å². The molecule has 0 saturated heterocycles. The molecule has 1 aromatic rings. The number of benzene rings is 1. The molecule has 3 nitrogen and oxygen atoms in total. The molecule has 1 rings (SSSR count). The first kappa shape index (κ1) is 10.9. The Balaban J connectivity index is 2.73. The maximum Gasteiger partial charge on any atom is 0.184 e. The van der Waals surface area contributed by atoms with Crippen molar-refractivity contribution in [2.24, 2.45) is 10.8 Å². The summed E-state index contributed by atoms with van der Waals surface area (Å²) in [6, 6.07) is 4.32. The molecule has 0 bridgehead atoms. The summed E-state index contributed by atoms with van der Waals surface area (Å²) < 4.78 is 12.9. The van der Waals surface area contributed by atoms with Gasteiger partial charge in [0.25, 0.3) is 0 Å². The van der Waals surface area contributed by atoms with Crippen LogP contribution in [-0.4, -0.2) is 11.3 Å². The van der Waals surface area contributed by atoms with E-state index in [-0.39, 0.29) is 10.1 Å². The Bertz CT molecular complexity index is 381. The number of nitrogens with one attached hydrogen (secondary N) is 1. The van der Waals surface area contributed by atoms with E-state index in [0.29, 0.717) is 5.56 Å². The van der Waals surface area contributed by atoms with Gasteiger partial charge in [0.1, 0.15) is 5.82 Å². The molecule has 0 saturated carbocycles. The summed E-state index contributed by atoms with van der Waals surface area (Å²) in [5, 5.41) is 3.79. The van der Waals surface area contributed by atoms with Crippen LogP contribution in [0.5, 0.6) is 0 Å². The summed E-state index contributed by atoms with van der Waals surface area (Å²) in [7, 11) is 0. The summed E-state index contributed by atoms with van der Waals surface area (Å²) in [6.45, 7) is 0. The van der Waals surface area contributed by atoms with Gasteiger partial charge in [0.05, 0.1) is 11.2 Å². The lowest BCUT2D eigenvalue weighted by molar-refractivity contribution is 0.628. The van der Waals surface area contributed by atoms with Crippen molar-refractivity contribution in [1.82, 2.24) is 5.43 Å². The smallest absolute Gasteiger partial charge is 0.184 e. The molecular weight excluding hydrogens is 225 g/mol. The molecule has 0 fully saturated rings. The van der Waals surface area contributed by atoms with Crippen molar-refractivity contribution in [3.63, 3.8) is 0 Å². The second-order valence-corrected chi connectivity index (χ2v) is 3.25. The first-order valence-corrected chi connectivity index (χ1v) is 4.42. The molecule has 1 aromatic carbocycles. The number of halogens is 2. The first-order valence-electron chi connectivity index (χ1n) is 3.63. The predicted octanol–water partition coefficient (Wildman–Crippen LogP) is 1.65. The van der Waals surface area contributed by atoms with Crippen LogP contribution < -0.4 is 11.2 Å². The molecule has 74 valence electrons. The second kappa shape index (κ2) is 4.88. The number of hydrogen-bond acceptors (Lipinski definition) is 2. The van der Waals surface area contributed by atoms with Crippen molar-refractivity contribution < 1.29 is 4.39 Å². The molecule has 0 atom stereocenters. The van der Waals surface area contributed by atoms with Gasteiger partial charge in [-0.25, -0.2) is 4.39 Å². The fourth-order valence-electron chi connectivity index (χ4n) is 0.763. The van der Waals surface area contributed by atoms with Gasteiger partial charge < -0.3 is 5.73 Å². The van der Waals surface area contributed by atoms with Crippen LogP contribution in [0.3, 0.4) is 0 Å². The van der Waals surface area contributed by atoms with E-state index in [2.05, 4.69) is 22.7 Å². The molecule has 0 unspecified atom stereocenters. The Kier molecular flexibility index (Phi) is 3.79. The van der Waals surface area contributed by atoms with Crippen molar-refractivity contribution in [1.29, 1.82) is 0 Å². The molecule has 0 radical (unpaired) electrons. The van der Waals surface area contributed by atoms with Gasteiger partial charge >= 0.3 is 0 Å². The molecule has 0 heterocycles. The Morgan fingerprint density at radius 1 is 1.64 bits per heavy atom. The van der Waals surface area contributed by atoms with Gasteiger partial charge in [-0.2, -0.15) is 5.10 Å². The van der Waals surface area contributed by atoms with Gasteiger partial charge in [0.15, 0.2) is 5.11 Å². The van der Waals surface area contributed by atoms with E-state index >= 15 is 0 Å². The van der Waals surface area contributed by atoms with E-state index < -0.39 is 5.82 Å². The van der Waals surface area contributed by atoms with E-state index in [9.17, 15) is 4.39 Å². The van der Waals surface area contributed by atoms with Gasteiger partial charge in [-0.15, -0.1) is 0 Å². The Labute approximate surface area is 90.7 Å². The summed E-state index contributed by atoms with van der Waals surface area (Å²) in [4.78, 5) is 0. The topological polar surface area (TPSA) is 50.4 Å². The van der Waals surface area contributed by atoms with Crippen molar-refractivity contribution >= 4 is 35.1 Å². The van der Waals surface area contributed by atoms with Gasteiger partial charge in [-0.3, -0.25) is 5.43 Å². The quantitative estimate of drug-likeness (QED) is 0.462. The third-order valence-electron chi connectivity index (χ3n) is 1.33. The fourth-order valence-corrected chi connectivity index (χ4v) is 0.933. The largest absolute Gasteiger partial charge is 0.375 e. The maximum atomic E-state index is 12.9. The van der Waals surface area contributed by atoms with Crippen LogP contribution in [0, 0.1) is 5.82 Å². The summed E-state index contributed by atoms with van der Waals surface area (Å²) in [6.07, 6.45) is 1.39. The minimum Gasteiger partial charge on any atom is -0.375 e. The monoisotopic (exact) mass is 231 g/mol. The molecule has 0 aliphatic heterocycles. The number of nitrogens with zero attached hydrogens (tertiary/aromatic N) is 1. The fraction of sp³-hybridized carbons (Fsp3) is 0. The minimum absolute atomic E-state index is 0.0516. The van der Waals surface area contributed by atoms with E-state index in [4.69, 9.17) is 17.3 Å². The van der Waals surface area contributed by atoms with Gasteiger partial charge in [0.2, 0.25) is 0 Å². The Morgan fingerprint density at radius 3 is 2.93 bits per heavy atom. The molecule has 0 aliphatic rings. The molecule has 0 aliphatic carbocycles. The van der Waals surface area contributed by atoms with Crippen molar-refractivity contribution in [2.45, 2.75) is 0 Å². The van der Waals surface area contributed by atoms with Crippen LogP contribution >= 0.6 is 23.8 Å². The van der Waals surface area contributed by atoms with Crippen LogP contribution in [0.25, 0.3) is 0 Å². The van der Waals surface area contributed by atoms with E-state index in [1.165, 1.54) is 18.3 Å². The molecule has 6 heteroatoms.